The third kappa shape index (κ3) is 17.9. The molecule has 0 rings (SSSR count). The summed E-state index contributed by atoms with van der Waals surface area (Å²) in [6, 6.07) is -0.690. The van der Waals surface area contributed by atoms with E-state index in [1.54, 1.807) is 6.92 Å². The minimum absolute atomic E-state index is 0.101. The van der Waals surface area contributed by atoms with E-state index in [1.165, 1.54) is 57.8 Å². The van der Waals surface area contributed by atoms with Gasteiger partial charge in [0.1, 0.15) is 6.04 Å². The number of esters is 1. The molecule has 160 valence electrons. The molecular weight excluding hydrogens is 342 g/mol. The fourth-order valence-electron chi connectivity index (χ4n) is 2.62. The quantitative estimate of drug-likeness (QED) is 0.277. The average molecular weight is 386 g/mol. The van der Waals surface area contributed by atoms with Crippen LogP contribution in [0.4, 0.5) is 4.79 Å². The maximum Gasteiger partial charge on any atom is 0.407 e. The largest absolute Gasteiger partial charge is 0.464 e. The predicted molar refractivity (Wildman–Crippen MR) is 111 cm³/mol. The number of rotatable bonds is 15. The number of ether oxygens (including phenoxy) is 2. The van der Waals surface area contributed by atoms with Crippen molar-refractivity contribution in [2.24, 2.45) is 5.41 Å². The summed E-state index contributed by atoms with van der Waals surface area (Å²) in [5.41, 5.74) is -0.101. The van der Waals surface area contributed by atoms with E-state index in [0.717, 1.165) is 12.8 Å². The predicted octanol–water partition coefficient (Wildman–Crippen LogP) is 6.00. The van der Waals surface area contributed by atoms with Gasteiger partial charge in [0.05, 0.1) is 13.2 Å². The molecular formula is C22H43NO4. The summed E-state index contributed by atoms with van der Waals surface area (Å²) < 4.78 is 10.3. The second-order valence-electron chi connectivity index (χ2n) is 8.71. The van der Waals surface area contributed by atoms with Gasteiger partial charge in [-0.3, -0.25) is 0 Å². The van der Waals surface area contributed by atoms with E-state index >= 15 is 0 Å². The van der Waals surface area contributed by atoms with Crippen molar-refractivity contribution >= 4 is 12.1 Å². The van der Waals surface area contributed by atoms with Crippen LogP contribution in [0.3, 0.4) is 0 Å². The monoisotopic (exact) mass is 385 g/mol. The Morgan fingerprint density at radius 2 is 1.30 bits per heavy atom. The lowest BCUT2D eigenvalue weighted by Crippen LogP contribution is -2.40. The zero-order valence-corrected chi connectivity index (χ0v) is 18.4. The maximum absolute atomic E-state index is 11.9. The van der Waals surface area contributed by atoms with Crippen molar-refractivity contribution in [2.45, 2.75) is 111 Å². The molecule has 0 heterocycles. The van der Waals surface area contributed by atoms with Gasteiger partial charge in [-0.25, -0.2) is 9.59 Å². The Balaban J connectivity index is 3.53. The molecule has 1 atom stereocenters. The lowest BCUT2D eigenvalue weighted by atomic mass is 9.99. The van der Waals surface area contributed by atoms with Crippen LogP contribution in [0, 0.1) is 5.41 Å². The summed E-state index contributed by atoms with van der Waals surface area (Å²) in [5.74, 6) is -0.408. The molecule has 0 radical (unpaired) electrons. The summed E-state index contributed by atoms with van der Waals surface area (Å²) in [7, 11) is 0. The number of carbonyl (C=O) groups is 2. The third-order valence-corrected chi connectivity index (χ3v) is 4.32. The molecule has 5 heteroatoms. The summed E-state index contributed by atoms with van der Waals surface area (Å²) in [5, 5.41) is 2.51. The van der Waals surface area contributed by atoms with Crippen molar-refractivity contribution < 1.29 is 19.1 Å². The van der Waals surface area contributed by atoms with Gasteiger partial charge in [-0.2, -0.15) is 0 Å². The molecule has 0 bridgehead atoms. The van der Waals surface area contributed by atoms with Gasteiger partial charge in [-0.15, -0.1) is 0 Å². The van der Waals surface area contributed by atoms with Crippen LogP contribution >= 0.6 is 0 Å². The van der Waals surface area contributed by atoms with Crippen LogP contribution in [0.2, 0.25) is 0 Å². The molecule has 5 nitrogen and oxygen atoms in total. The van der Waals surface area contributed by atoms with E-state index < -0.39 is 18.1 Å². The summed E-state index contributed by atoms with van der Waals surface area (Å²) in [6.07, 6.45) is 13.3. The first kappa shape index (κ1) is 25.7. The molecule has 1 N–H and O–H groups in total. The SMILES string of the molecule is CCCCCCCCCCCCCOC(=O)C(C)NC(=O)OCC(C)(C)C. The molecule has 0 fully saturated rings. The Morgan fingerprint density at radius 1 is 0.815 bits per heavy atom. The van der Waals surface area contributed by atoms with E-state index in [9.17, 15) is 9.59 Å². The Bertz CT molecular complexity index is 390. The van der Waals surface area contributed by atoms with Gasteiger partial charge in [0.25, 0.3) is 0 Å². The normalized spacial score (nSPS) is 12.5. The lowest BCUT2D eigenvalue weighted by Gasteiger charge is -2.19. The topological polar surface area (TPSA) is 64.6 Å². The first-order valence-corrected chi connectivity index (χ1v) is 10.9. The summed E-state index contributed by atoms with van der Waals surface area (Å²) in [4.78, 5) is 23.5. The van der Waals surface area contributed by atoms with Crippen LogP contribution in [0.1, 0.15) is 105 Å². The highest BCUT2D eigenvalue weighted by atomic mass is 16.6. The van der Waals surface area contributed by atoms with Gasteiger partial charge in [0.15, 0.2) is 0 Å². The number of carbonyl (C=O) groups excluding carboxylic acids is 2. The van der Waals surface area contributed by atoms with Crippen molar-refractivity contribution in [2.75, 3.05) is 13.2 Å². The lowest BCUT2D eigenvalue weighted by molar-refractivity contribution is -0.145. The first-order chi connectivity index (χ1) is 12.8. The van der Waals surface area contributed by atoms with Crippen molar-refractivity contribution in [3.63, 3.8) is 0 Å². The Morgan fingerprint density at radius 3 is 1.78 bits per heavy atom. The van der Waals surface area contributed by atoms with Crippen LogP contribution in [0.15, 0.2) is 0 Å². The van der Waals surface area contributed by atoms with Gasteiger partial charge in [0, 0.05) is 0 Å². The first-order valence-electron chi connectivity index (χ1n) is 10.9. The van der Waals surface area contributed by atoms with Crippen LogP contribution in [0.5, 0.6) is 0 Å². The molecule has 0 saturated carbocycles. The molecule has 0 saturated heterocycles. The minimum Gasteiger partial charge on any atom is -0.464 e. The van der Waals surface area contributed by atoms with Crippen molar-refractivity contribution in [1.82, 2.24) is 5.32 Å². The van der Waals surface area contributed by atoms with Gasteiger partial charge in [0.2, 0.25) is 0 Å². The Kier molecular flexibility index (Phi) is 15.0. The average Bonchev–Trinajstić information content (AvgIpc) is 2.60. The van der Waals surface area contributed by atoms with Crippen LogP contribution in [0.25, 0.3) is 0 Å². The number of hydrogen-bond acceptors (Lipinski definition) is 4. The van der Waals surface area contributed by atoms with Crippen molar-refractivity contribution in [3.05, 3.63) is 0 Å². The van der Waals surface area contributed by atoms with Gasteiger partial charge in [-0.1, -0.05) is 91.9 Å². The number of hydrogen-bond donors (Lipinski definition) is 1. The standard InChI is InChI=1S/C22H43NO4/c1-6-7-8-9-10-11-12-13-14-15-16-17-26-20(24)19(2)23-21(25)27-18-22(3,4)5/h19H,6-18H2,1-5H3,(H,23,25). The molecule has 1 unspecified atom stereocenters. The Hall–Kier alpha value is -1.26. The number of alkyl carbamates (subject to hydrolysis) is 1. The molecule has 27 heavy (non-hydrogen) atoms. The number of unbranched alkanes of at least 4 members (excludes halogenated alkanes) is 10. The third-order valence-electron chi connectivity index (χ3n) is 4.32. The highest BCUT2D eigenvalue weighted by Crippen LogP contribution is 2.13. The fourth-order valence-corrected chi connectivity index (χ4v) is 2.62. The van der Waals surface area contributed by atoms with Gasteiger partial charge >= 0.3 is 12.1 Å². The molecule has 0 aromatic carbocycles. The van der Waals surface area contributed by atoms with E-state index in [1.807, 2.05) is 20.8 Å². The second-order valence-corrected chi connectivity index (χ2v) is 8.71. The van der Waals surface area contributed by atoms with Crippen LogP contribution in [-0.2, 0) is 14.3 Å². The van der Waals surface area contributed by atoms with E-state index in [2.05, 4.69) is 12.2 Å². The van der Waals surface area contributed by atoms with Crippen molar-refractivity contribution in [3.8, 4) is 0 Å². The minimum atomic E-state index is -0.690. The van der Waals surface area contributed by atoms with E-state index in [4.69, 9.17) is 9.47 Å². The van der Waals surface area contributed by atoms with Crippen LogP contribution in [-0.4, -0.2) is 31.3 Å². The molecule has 0 aliphatic heterocycles. The fraction of sp³-hybridized carbons (Fsp3) is 0.909. The Labute approximate surface area is 167 Å². The van der Waals surface area contributed by atoms with Crippen LogP contribution < -0.4 is 5.32 Å². The summed E-state index contributed by atoms with van der Waals surface area (Å²) >= 11 is 0. The zero-order valence-electron chi connectivity index (χ0n) is 18.4. The van der Waals surface area contributed by atoms with Gasteiger partial charge < -0.3 is 14.8 Å². The molecule has 0 aromatic rings. The van der Waals surface area contributed by atoms with Crippen molar-refractivity contribution in [1.29, 1.82) is 0 Å². The number of amides is 1. The van der Waals surface area contributed by atoms with E-state index in [-0.39, 0.29) is 5.41 Å². The molecule has 0 aliphatic carbocycles. The number of nitrogens with one attached hydrogen (secondary N) is 1. The highest BCUT2D eigenvalue weighted by Gasteiger charge is 2.19. The molecule has 0 spiro atoms. The molecule has 0 aromatic heterocycles. The summed E-state index contributed by atoms with van der Waals surface area (Å²) in [6.45, 7) is 10.5. The second kappa shape index (κ2) is 15.8. The smallest absolute Gasteiger partial charge is 0.407 e. The van der Waals surface area contributed by atoms with E-state index in [0.29, 0.717) is 13.2 Å². The zero-order chi connectivity index (χ0) is 20.5. The molecule has 0 aliphatic rings. The highest BCUT2D eigenvalue weighted by molar-refractivity contribution is 5.80. The maximum atomic E-state index is 11.9. The van der Waals surface area contributed by atoms with Gasteiger partial charge in [-0.05, 0) is 18.8 Å². The molecule has 1 amide bonds.